The van der Waals surface area contributed by atoms with Crippen LogP contribution in [0.2, 0.25) is 0 Å². The number of hydrogen-bond acceptors (Lipinski definition) is 7. The number of esters is 1. The molecule has 1 aliphatic heterocycles. The molecule has 3 rings (SSSR count). The molecule has 2 aromatic rings. The third-order valence-corrected chi connectivity index (χ3v) is 4.48. The molecule has 1 saturated heterocycles. The third-order valence-electron chi connectivity index (χ3n) is 4.48. The Labute approximate surface area is 158 Å². The number of carbonyl (C=O) groups is 2. The van der Waals surface area contributed by atoms with Gasteiger partial charge in [0.2, 0.25) is 0 Å². The molecule has 1 N–H and O–H groups in total. The van der Waals surface area contributed by atoms with Gasteiger partial charge in [-0.2, -0.15) is 0 Å². The maximum absolute atomic E-state index is 12.1. The fourth-order valence-electron chi connectivity index (χ4n) is 2.94. The van der Waals surface area contributed by atoms with Crippen molar-refractivity contribution in [3.8, 4) is 0 Å². The average molecular weight is 369 g/mol. The van der Waals surface area contributed by atoms with Gasteiger partial charge in [0.25, 0.3) is 5.91 Å². The van der Waals surface area contributed by atoms with Crippen LogP contribution < -0.4 is 15.1 Å². The van der Waals surface area contributed by atoms with Crippen molar-refractivity contribution in [1.82, 2.24) is 15.3 Å². The van der Waals surface area contributed by atoms with Crippen molar-refractivity contribution < 1.29 is 14.3 Å². The number of nitrogens with zero attached hydrogens (tertiary/aromatic N) is 4. The summed E-state index contributed by atoms with van der Waals surface area (Å²) in [6.45, 7) is 3.77. The number of carbonyl (C=O) groups excluding carboxylic acids is 2. The second-order valence-corrected chi connectivity index (χ2v) is 6.17. The molecule has 142 valence electrons. The van der Waals surface area contributed by atoms with Crippen LogP contribution in [-0.2, 0) is 9.53 Å². The van der Waals surface area contributed by atoms with Crippen LogP contribution in [0.1, 0.15) is 16.8 Å². The van der Waals surface area contributed by atoms with Gasteiger partial charge in [0.1, 0.15) is 5.82 Å². The highest BCUT2D eigenvalue weighted by Gasteiger charge is 2.18. The first-order valence-electron chi connectivity index (χ1n) is 8.88. The number of nitrogens with one attached hydrogen (secondary N) is 1. The van der Waals surface area contributed by atoms with Crippen LogP contribution in [0.25, 0.3) is 0 Å². The molecule has 1 amide bonds. The van der Waals surface area contributed by atoms with Crippen LogP contribution in [0.4, 0.5) is 11.5 Å². The van der Waals surface area contributed by atoms with Crippen LogP contribution in [0.15, 0.2) is 42.9 Å². The summed E-state index contributed by atoms with van der Waals surface area (Å²) in [5.41, 5.74) is 1.65. The first-order valence-corrected chi connectivity index (χ1v) is 8.88. The largest absolute Gasteiger partial charge is 0.469 e. The molecule has 0 aromatic carbocycles. The number of aromatic nitrogens is 2. The number of ether oxygens (including phenoxy) is 1. The fraction of sp³-hybridized carbons (Fsp3) is 0.368. The number of pyridine rings is 2. The number of methoxy groups -OCH3 is 1. The molecule has 8 nitrogen and oxygen atoms in total. The maximum Gasteiger partial charge on any atom is 0.307 e. The Morgan fingerprint density at radius 2 is 1.78 bits per heavy atom. The van der Waals surface area contributed by atoms with Crippen LogP contribution >= 0.6 is 0 Å². The van der Waals surface area contributed by atoms with Crippen LogP contribution in [-0.4, -0.2) is 61.7 Å². The van der Waals surface area contributed by atoms with Gasteiger partial charge in [-0.3, -0.25) is 14.6 Å². The normalized spacial score (nSPS) is 14.0. The van der Waals surface area contributed by atoms with Gasteiger partial charge in [0.05, 0.1) is 19.1 Å². The number of rotatable bonds is 6. The van der Waals surface area contributed by atoms with Crippen molar-refractivity contribution in [3.05, 3.63) is 48.4 Å². The molecule has 0 spiro atoms. The second kappa shape index (κ2) is 8.98. The molecule has 0 aliphatic carbocycles. The van der Waals surface area contributed by atoms with Gasteiger partial charge in [-0.25, -0.2) is 4.98 Å². The summed E-state index contributed by atoms with van der Waals surface area (Å²) < 4.78 is 4.54. The lowest BCUT2D eigenvalue weighted by Gasteiger charge is -2.36. The molecule has 0 saturated carbocycles. The van der Waals surface area contributed by atoms with E-state index in [0.29, 0.717) is 5.56 Å². The molecule has 1 fully saturated rings. The van der Waals surface area contributed by atoms with Gasteiger partial charge >= 0.3 is 5.97 Å². The van der Waals surface area contributed by atoms with E-state index in [1.807, 2.05) is 18.2 Å². The molecule has 0 unspecified atom stereocenters. The third kappa shape index (κ3) is 4.93. The second-order valence-electron chi connectivity index (χ2n) is 6.17. The lowest BCUT2D eigenvalue weighted by molar-refractivity contribution is -0.140. The molecule has 8 heteroatoms. The van der Waals surface area contributed by atoms with Crippen molar-refractivity contribution in [3.63, 3.8) is 0 Å². The summed E-state index contributed by atoms with van der Waals surface area (Å²) in [5, 5.41) is 2.68. The molecule has 0 atom stereocenters. The minimum atomic E-state index is -0.352. The van der Waals surface area contributed by atoms with E-state index < -0.39 is 0 Å². The van der Waals surface area contributed by atoms with E-state index in [9.17, 15) is 9.59 Å². The standard InChI is InChI=1S/C19H23N5O3/c1-27-18(25)6-9-21-19(26)15-2-3-17(22-14-15)24-12-10-23(11-13-24)16-4-7-20-8-5-16/h2-5,7-8,14H,6,9-13H2,1H3,(H,21,26). The highest BCUT2D eigenvalue weighted by molar-refractivity contribution is 5.94. The first-order chi connectivity index (χ1) is 13.2. The van der Waals surface area contributed by atoms with Gasteiger partial charge in [0, 0.05) is 57.0 Å². The molecular weight excluding hydrogens is 346 g/mol. The molecule has 2 aromatic heterocycles. The van der Waals surface area contributed by atoms with Gasteiger partial charge in [-0.15, -0.1) is 0 Å². The number of piperazine rings is 1. The van der Waals surface area contributed by atoms with E-state index >= 15 is 0 Å². The molecule has 27 heavy (non-hydrogen) atoms. The minimum Gasteiger partial charge on any atom is -0.469 e. The number of hydrogen-bond donors (Lipinski definition) is 1. The highest BCUT2D eigenvalue weighted by atomic mass is 16.5. The summed E-state index contributed by atoms with van der Waals surface area (Å²) in [6, 6.07) is 7.64. The van der Waals surface area contributed by atoms with E-state index in [-0.39, 0.29) is 24.8 Å². The minimum absolute atomic E-state index is 0.148. The number of anilines is 2. The molecule has 3 heterocycles. The predicted molar refractivity (Wildman–Crippen MR) is 102 cm³/mol. The van der Waals surface area contributed by atoms with Crippen molar-refractivity contribution in [2.24, 2.45) is 0 Å². The van der Waals surface area contributed by atoms with E-state index in [0.717, 1.165) is 32.0 Å². The topological polar surface area (TPSA) is 87.7 Å². The van der Waals surface area contributed by atoms with Crippen molar-refractivity contribution in [2.75, 3.05) is 49.6 Å². The fourth-order valence-corrected chi connectivity index (χ4v) is 2.94. The van der Waals surface area contributed by atoms with E-state index in [1.165, 1.54) is 12.8 Å². The Morgan fingerprint density at radius 1 is 1.07 bits per heavy atom. The van der Waals surface area contributed by atoms with E-state index in [1.54, 1.807) is 24.7 Å². The quantitative estimate of drug-likeness (QED) is 0.763. The summed E-state index contributed by atoms with van der Waals surface area (Å²) in [7, 11) is 1.32. The molecule has 0 bridgehead atoms. The van der Waals surface area contributed by atoms with Gasteiger partial charge in [-0.05, 0) is 24.3 Å². The Balaban J connectivity index is 1.50. The summed E-state index contributed by atoms with van der Waals surface area (Å²) in [5.74, 6) is 0.255. The van der Waals surface area contributed by atoms with Crippen molar-refractivity contribution in [2.45, 2.75) is 6.42 Å². The first kappa shape index (κ1) is 18.6. The molecule has 1 aliphatic rings. The monoisotopic (exact) mass is 369 g/mol. The maximum atomic E-state index is 12.1. The summed E-state index contributed by atoms with van der Waals surface area (Å²) in [6.07, 6.45) is 5.32. The van der Waals surface area contributed by atoms with Crippen LogP contribution in [0.3, 0.4) is 0 Å². The lowest BCUT2D eigenvalue weighted by Crippen LogP contribution is -2.46. The highest BCUT2D eigenvalue weighted by Crippen LogP contribution is 2.18. The zero-order valence-electron chi connectivity index (χ0n) is 15.3. The van der Waals surface area contributed by atoms with Crippen molar-refractivity contribution in [1.29, 1.82) is 0 Å². The average Bonchev–Trinajstić information content (AvgIpc) is 2.74. The predicted octanol–water partition coefficient (Wildman–Crippen LogP) is 1.10. The Kier molecular flexibility index (Phi) is 6.19. The van der Waals surface area contributed by atoms with E-state index in [4.69, 9.17) is 0 Å². The Morgan fingerprint density at radius 3 is 2.41 bits per heavy atom. The van der Waals surface area contributed by atoms with E-state index in [2.05, 4.69) is 29.8 Å². The Bertz CT molecular complexity index is 759. The zero-order valence-corrected chi connectivity index (χ0v) is 15.3. The molecule has 0 radical (unpaired) electrons. The summed E-state index contributed by atoms with van der Waals surface area (Å²) in [4.78, 5) is 36.1. The summed E-state index contributed by atoms with van der Waals surface area (Å²) >= 11 is 0. The van der Waals surface area contributed by atoms with Crippen LogP contribution in [0, 0.1) is 0 Å². The smallest absolute Gasteiger partial charge is 0.307 e. The van der Waals surface area contributed by atoms with Crippen molar-refractivity contribution >= 4 is 23.4 Å². The van der Waals surface area contributed by atoms with Gasteiger partial charge in [-0.1, -0.05) is 0 Å². The van der Waals surface area contributed by atoms with Crippen LogP contribution in [0.5, 0.6) is 0 Å². The number of amides is 1. The van der Waals surface area contributed by atoms with Gasteiger partial charge in [0.15, 0.2) is 0 Å². The zero-order chi connectivity index (χ0) is 19.1. The molecular formula is C19H23N5O3. The Hall–Kier alpha value is -3.16. The SMILES string of the molecule is COC(=O)CCNC(=O)c1ccc(N2CCN(c3ccncc3)CC2)nc1. The van der Waals surface area contributed by atoms with Gasteiger partial charge < -0.3 is 19.9 Å². The lowest BCUT2D eigenvalue weighted by atomic mass is 10.2.